The Labute approximate surface area is 127 Å². The third kappa shape index (κ3) is 2.96. The summed E-state index contributed by atoms with van der Waals surface area (Å²) in [7, 11) is 0. The number of aromatic nitrogens is 2. The van der Waals surface area contributed by atoms with Crippen LogP contribution in [-0.4, -0.2) is 27.7 Å². The van der Waals surface area contributed by atoms with E-state index in [9.17, 15) is 4.79 Å². The Balaban J connectivity index is 2.41. The third-order valence-corrected chi connectivity index (χ3v) is 5.30. The van der Waals surface area contributed by atoms with Gasteiger partial charge in [-0.3, -0.25) is 4.79 Å². The van der Waals surface area contributed by atoms with Crippen LogP contribution in [-0.2, 0) is 4.79 Å². The average molecular weight is 309 g/mol. The van der Waals surface area contributed by atoms with E-state index in [4.69, 9.17) is 0 Å². The van der Waals surface area contributed by atoms with Crippen molar-refractivity contribution in [2.45, 2.75) is 44.9 Å². The Hall–Kier alpha value is -1.14. The maximum atomic E-state index is 11.9. The van der Waals surface area contributed by atoms with Crippen LogP contribution in [0.5, 0.6) is 0 Å². The van der Waals surface area contributed by atoms with Crippen LogP contribution in [0.15, 0.2) is 5.03 Å². The summed E-state index contributed by atoms with van der Waals surface area (Å²) in [5, 5.41) is 4.69. The number of thiophene rings is 1. The Kier molecular flexibility index (Phi) is 4.65. The number of rotatable bonds is 4. The molecular formula is C14H19N3OS2. The van der Waals surface area contributed by atoms with E-state index in [0.29, 0.717) is 6.54 Å². The van der Waals surface area contributed by atoms with E-state index in [1.807, 2.05) is 20.8 Å². The molecule has 1 atom stereocenters. The molecule has 0 radical (unpaired) electrons. The topological polar surface area (TPSA) is 54.9 Å². The zero-order valence-corrected chi connectivity index (χ0v) is 14.0. The molecule has 0 aliphatic carbocycles. The van der Waals surface area contributed by atoms with Crippen LogP contribution in [0.2, 0.25) is 0 Å². The molecule has 2 rings (SSSR count). The summed E-state index contributed by atoms with van der Waals surface area (Å²) >= 11 is 3.19. The number of carbonyl (C=O) groups is 1. The standard InChI is InChI=1S/C14H19N3OS2/c1-6-15-12(18)9(4)20-14-11-7(2)8(3)19-13(11)16-10(5)17-14/h9H,6H2,1-5H3,(H,15,18)/t9-/m1/s1. The summed E-state index contributed by atoms with van der Waals surface area (Å²) in [5.41, 5.74) is 1.22. The predicted molar refractivity (Wildman–Crippen MR) is 85.6 cm³/mol. The number of hydrogen-bond donors (Lipinski definition) is 1. The van der Waals surface area contributed by atoms with Gasteiger partial charge in [0.2, 0.25) is 5.91 Å². The van der Waals surface area contributed by atoms with Crippen molar-refractivity contribution in [1.82, 2.24) is 15.3 Å². The Bertz CT molecular complexity index is 651. The van der Waals surface area contributed by atoms with Crippen molar-refractivity contribution >= 4 is 39.2 Å². The summed E-state index contributed by atoms with van der Waals surface area (Å²) in [6, 6.07) is 0. The highest BCUT2D eigenvalue weighted by Gasteiger charge is 2.19. The molecule has 0 aromatic carbocycles. The fraction of sp³-hybridized carbons (Fsp3) is 0.500. The summed E-state index contributed by atoms with van der Waals surface area (Å²) in [5.74, 6) is 0.802. The molecule has 108 valence electrons. The van der Waals surface area contributed by atoms with Crippen LogP contribution < -0.4 is 5.32 Å². The van der Waals surface area contributed by atoms with Crippen molar-refractivity contribution in [2.24, 2.45) is 0 Å². The number of carbonyl (C=O) groups excluding carboxylic acids is 1. The van der Waals surface area contributed by atoms with Gasteiger partial charge >= 0.3 is 0 Å². The van der Waals surface area contributed by atoms with E-state index in [1.165, 1.54) is 22.2 Å². The summed E-state index contributed by atoms with van der Waals surface area (Å²) in [6.45, 7) is 10.6. The van der Waals surface area contributed by atoms with Gasteiger partial charge in [-0.25, -0.2) is 9.97 Å². The predicted octanol–water partition coefficient (Wildman–Crippen LogP) is 3.23. The fourth-order valence-corrected chi connectivity index (χ4v) is 4.16. The van der Waals surface area contributed by atoms with Gasteiger partial charge in [0.05, 0.1) is 5.25 Å². The first-order valence-corrected chi connectivity index (χ1v) is 8.32. The number of thioether (sulfide) groups is 1. The highest BCUT2D eigenvalue weighted by atomic mass is 32.2. The summed E-state index contributed by atoms with van der Waals surface area (Å²) < 4.78 is 0. The van der Waals surface area contributed by atoms with E-state index in [1.54, 1.807) is 11.3 Å². The molecule has 0 aliphatic rings. The lowest BCUT2D eigenvalue weighted by Crippen LogP contribution is -2.30. The first-order chi connectivity index (χ1) is 9.43. The monoisotopic (exact) mass is 309 g/mol. The highest BCUT2D eigenvalue weighted by Crippen LogP contribution is 2.36. The maximum Gasteiger partial charge on any atom is 0.233 e. The van der Waals surface area contributed by atoms with Crippen LogP contribution in [0.25, 0.3) is 10.2 Å². The van der Waals surface area contributed by atoms with Crippen LogP contribution >= 0.6 is 23.1 Å². The van der Waals surface area contributed by atoms with Gasteiger partial charge in [0.25, 0.3) is 0 Å². The minimum Gasteiger partial charge on any atom is -0.355 e. The van der Waals surface area contributed by atoms with Crippen molar-refractivity contribution in [3.63, 3.8) is 0 Å². The van der Waals surface area contributed by atoms with E-state index in [-0.39, 0.29) is 11.2 Å². The minimum atomic E-state index is -0.160. The van der Waals surface area contributed by atoms with Crippen LogP contribution in [0, 0.1) is 20.8 Å². The van der Waals surface area contributed by atoms with Gasteiger partial charge in [-0.15, -0.1) is 11.3 Å². The fourth-order valence-electron chi connectivity index (χ4n) is 1.94. The molecule has 2 heterocycles. The number of hydrogen-bond acceptors (Lipinski definition) is 5. The lowest BCUT2D eigenvalue weighted by Gasteiger charge is -2.11. The maximum absolute atomic E-state index is 11.9. The zero-order chi connectivity index (χ0) is 14.9. The Morgan fingerprint density at radius 2 is 2.05 bits per heavy atom. The van der Waals surface area contributed by atoms with Crippen molar-refractivity contribution in [2.75, 3.05) is 6.54 Å². The number of nitrogens with zero attached hydrogens (tertiary/aromatic N) is 2. The van der Waals surface area contributed by atoms with E-state index < -0.39 is 0 Å². The summed E-state index contributed by atoms with van der Waals surface area (Å²) in [6.07, 6.45) is 0. The molecule has 0 bridgehead atoms. The molecule has 4 nitrogen and oxygen atoms in total. The Morgan fingerprint density at radius 1 is 1.35 bits per heavy atom. The molecule has 1 amide bonds. The van der Waals surface area contributed by atoms with Gasteiger partial charge in [-0.1, -0.05) is 11.8 Å². The quantitative estimate of drug-likeness (QED) is 0.696. The van der Waals surface area contributed by atoms with Crippen molar-refractivity contribution in [1.29, 1.82) is 0 Å². The lowest BCUT2D eigenvalue weighted by atomic mass is 10.2. The molecule has 2 aromatic heterocycles. The molecule has 0 spiro atoms. The molecule has 0 unspecified atom stereocenters. The third-order valence-electron chi connectivity index (χ3n) is 3.12. The second-order valence-electron chi connectivity index (χ2n) is 4.69. The molecule has 20 heavy (non-hydrogen) atoms. The minimum absolute atomic E-state index is 0.0477. The second-order valence-corrected chi connectivity index (χ2v) is 7.23. The van der Waals surface area contributed by atoms with Gasteiger partial charge < -0.3 is 5.32 Å². The lowest BCUT2D eigenvalue weighted by molar-refractivity contribution is -0.120. The van der Waals surface area contributed by atoms with Crippen LogP contribution in [0.1, 0.15) is 30.1 Å². The van der Waals surface area contributed by atoms with E-state index in [0.717, 1.165) is 21.1 Å². The molecule has 2 aromatic rings. The van der Waals surface area contributed by atoms with Crippen molar-refractivity contribution in [3.8, 4) is 0 Å². The first-order valence-electron chi connectivity index (χ1n) is 6.62. The summed E-state index contributed by atoms with van der Waals surface area (Å²) in [4.78, 5) is 23.2. The second kappa shape index (κ2) is 6.10. The number of nitrogens with one attached hydrogen (secondary N) is 1. The molecule has 6 heteroatoms. The first kappa shape index (κ1) is 15.3. The van der Waals surface area contributed by atoms with Gasteiger partial charge in [-0.2, -0.15) is 0 Å². The number of fused-ring (bicyclic) bond motifs is 1. The molecular weight excluding hydrogens is 290 g/mol. The van der Waals surface area contributed by atoms with Gasteiger partial charge in [0, 0.05) is 16.8 Å². The van der Waals surface area contributed by atoms with Gasteiger partial charge in [-0.05, 0) is 40.2 Å². The SMILES string of the molecule is CCNC(=O)[C@@H](C)Sc1nc(C)nc2sc(C)c(C)c12. The number of aryl methyl sites for hydroxylation is 3. The smallest absolute Gasteiger partial charge is 0.233 e. The molecule has 0 aliphatic heterocycles. The number of amides is 1. The Morgan fingerprint density at radius 3 is 2.70 bits per heavy atom. The van der Waals surface area contributed by atoms with Crippen molar-refractivity contribution in [3.05, 3.63) is 16.3 Å². The van der Waals surface area contributed by atoms with Crippen LogP contribution in [0.3, 0.4) is 0 Å². The molecule has 1 N–H and O–H groups in total. The molecule has 0 saturated carbocycles. The van der Waals surface area contributed by atoms with Crippen LogP contribution in [0.4, 0.5) is 0 Å². The highest BCUT2D eigenvalue weighted by molar-refractivity contribution is 8.00. The van der Waals surface area contributed by atoms with Gasteiger partial charge in [0.1, 0.15) is 15.7 Å². The average Bonchev–Trinajstić information content (AvgIpc) is 2.64. The molecule has 0 fully saturated rings. The van der Waals surface area contributed by atoms with Gasteiger partial charge in [0.15, 0.2) is 0 Å². The normalized spacial score (nSPS) is 12.7. The van der Waals surface area contributed by atoms with E-state index >= 15 is 0 Å². The zero-order valence-electron chi connectivity index (χ0n) is 12.4. The molecule has 0 saturated heterocycles. The van der Waals surface area contributed by atoms with Crippen molar-refractivity contribution < 1.29 is 4.79 Å². The largest absolute Gasteiger partial charge is 0.355 e. The van der Waals surface area contributed by atoms with E-state index in [2.05, 4.69) is 29.1 Å².